The molecule has 152 valence electrons. The molecule has 0 bridgehead atoms. The zero-order chi connectivity index (χ0) is 20.5. The quantitative estimate of drug-likeness (QED) is 0.711. The maximum absolute atomic E-state index is 12.7. The van der Waals surface area contributed by atoms with E-state index in [1.807, 2.05) is 0 Å². The Morgan fingerprint density at radius 1 is 1.32 bits per heavy atom. The van der Waals surface area contributed by atoms with Crippen LogP contribution in [0.15, 0.2) is 29.3 Å². The smallest absolute Gasteiger partial charge is 0.366 e. The van der Waals surface area contributed by atoms with Crippen molar-refractivity contribution >= 4 is 17.3 Å². The molecular formula is C19H22ClF3N4O. The van der Waals surface area contributed by atoms with Gasteiger partial charge in [-0.05, 0) is 37.3 Å². The maximum Gasteiger partial charge on any atom is 0.417 e. The third kappa shape index (κ3) is 4.01. The van der Waals surface area contributed by atoms with Crippen LogP contribution < -0.4 is 10.5 Å². The molecule has 0 saturated carbocycles. The molecule has 5 nitrogen and oxygen atoms in total. The summed E-state index contributed by atoms with van der Waals surface area (Å²) in [7, 11) is 0. The summed E-state index contributed by atoms with van der Waals surface area (Å²) in [5.41, 5.74) is -0.919. The van der Waals surface area contributed by atoms with Crippen LogP contribution in [-0.4, -0.2) is 27.4 Å². The van der Waals surface area contributed by atoms with Gasteiger partial charge in [-0.2, -0.15) is 23.0 Å². The molecule has 1 aliphatic heterocycles. The number of pyridine rings is 1. The molecule has 28 heavy (non-hydrogen) atoms. The molecule has 0 spiro atoms. The summed E-state index contributed by atoms with van der Waals surface area (Å²) in [5.74, 6) is 0.450. The lowest BCUT2D eigenvalue weighted by molar-refractivity contribution is -0.137. The van der Waals surface area contributed by atoms with Crippen LogP contribution in [0.5, 0.6) is 0 Å². The first-order chi connectivity index (χ1) is 13.2. The SMILES string of the molecule is CCCC(C)C1CCCN1c1cnn(-c2ccc(C(F)(F)F)cn2)c(=O)c1Cl. The molecular weight excluding hydrogens is 393 g/mol. The van der Waals surface area contributed by atoms with Crippen LogP contribution in [0.25, 0.3) is 5.82 Å². The molecule has 1 saturated heterocycles. The first kappa shape index (κ1) is 20.6. The minimum absolute atomic E-state index is 0.00676. The van der Waals surface area contributed by atoms with E-state index in [9.17, 15) is 18.0 Å². The highest BCUT2D eigenvalue weighted by Crippen LogP contribution is 2.34. The van der Waals surface area contributed by atoms with Gasteiger partial charge in [-0.25, -0.2) is 4.98 Å². The van der Waals surface area contributed by atoms with E-state index < -0.39 is 17.3 Å². The highest BCUT2D eigenvalue weighted by molar-refractivity contribution is 6.33. The van der Waals surface area contributed by atoms with E-state index in [0.717, 1.165) is 49.0 Å². The van der Waals surface area contributed by atoms with Crippen molar-refractivity contribution in [3.63, 3.8) is 0 Å². The lowest BCUT2D eigenvalue weighted by atomic mass is 9.95. The molecule has 2 atom stereocenters. The number of nitrogens with zero attached hydrogens (tertiary/aromatic N) is 4. The van der Waals surface area contributed by atoms with Gasteiger partial charge in [0.1, 0.15) is 5.02 Å². The normalized spacial score (nSPS) is 18.5. The second-order valence-corrected chi connectivity index (χ2v) is 7.51. The van der Waals surface area contributed by atoms with Crippen molar-refractivity contribution in [3.8, 4) is 5.82 Å². The Bertz CT molecular complexity index is 882. The molecule has 9 heteroatoms. The van der Waals surface area contributed by atoms with Gasteiger partial charge in [-0.3, -0.25) is 4.79 Å². The van der Waals surface area contributed by atoms with Gasteiger partial charge in [0.05, 0.1) is 17.4 Å². The summed E-state index contributed by atoms with van der Waals surface area (Å²) in [6.45, 7) is 5.13. The number of alkyl halides is 3. The minimum Gasteiger partial charge on any atom is -0.366 e. The second-order valence-electron chi connectivity index (χ2n) is 7.13. The Hall–Kier alpha value is -2.09. The number of hydrogen-bond donors (Lipinski definition) is 0. The third-order valence-corrected chi connectivity index (χ3v) is 5.56. The van der Waals surface area contributed by atoms with Gasteiger partial charge in [-0.1, -0.05) is 31.9 Å². The molecule has 0 amide bonds. The molecule has 2 aromatic rings. The van der Waals surface area contributed by atoms with Gasteiger partial charge in [0.25, 0.3) is 5.56 Å². The zero-order valence-electron chi connectivity index (χ0n) is 15.7. The summed E-state index contributed by atoms with van der Waals surface area (Å²) in [6.07, 6.45) is 1.89. The van der Waals surface area contributed by atoms with Crippen molar-refractivity contribution in [1.82, 2.24) is 14.8 Å². The van der Waals surface area contributed by atoms with Crippen molar-refractivity contribution in [3.05, 3.63) is 45.5 Å². The molecule has 3 heterocycles. The molecule has 0 aliphatic carbocycles. The van der Waals surface area contributed by atoms with E-state index in [4.69, 9.17) is 11.6 Å². The van der Waals surface area contributed by atoms with Crippen LogP contribution in [0, 0.1) is 5.92 Å². The Morgan fingerprint density at radius 3 is 2.68 bits per heavy atom. The molecule has 2 unspecified atom stereocenters. The van der Waals surface area contributed by atoms with Crippen molar-refractivity contribution < 1.29 is 13.2 Å². The topological polar surface area (TPSA) is 51.0 Å². The number of anilines is 1. The van der Waals surface area contributed by atoms with E-state index in [0.29, 0.717) is 23.8 Å². The van der Waals surface area contributed by atoms with Crippen LogP contribution in [0.2, 0.25) is 5.02 Å². The monoisotopic (exact) mass is 414 g/mol. The Morgan fingerprint density at radius 2 is 2.07 bits per heavy atom. The number of rotatable bonds is 5. The second kappa shape index (κ2) is 8.11. The van der Waals surface area contributed by atoms with Crippen LogP contribution in [-0.2, 0) is 6.18 Å². The molecule has 0 radical (unpaired) electrons. The summed E-state index contributed by atoms with van der Waals surface area (Å²) in [6, 6.07) is 2.26. The third-order valence-electron chi connectivity index (χ3n) is 5.20. The number of aromatic nitrogens is 3. The summed E-state index contributed by atoms with van der Waals surface area (Å²) in [4.78, 5) is 18.6. The number of halogens is 4. The first-order valence-corrected chi connectivity index (χ1v) is 9.70. The van der Waals surface area contributed by atoms with Crippen molar-refractivity contribution in [1.29, 1.82) is 0 Å². The predicted molar refractivity (Wildman–Crippen MR) is 102 cm³/mol. The van der Waals surface area contributed by atoms with Crippen LogP contribution in [0.3, 0.4) is 0 Å². The lowest BCUT2D eigenvalue weighted by Crippen LogP contribution is -2.36. The highest BCUT2D eigenvalue weighted by atomic mass is 35.5. The van der Waals surface area contributed by atoms with Crippen LogP contribution in [0.4, 0.5) is 18.9 Å². The lowest BCUT2D eigenvalue weighted by Gasteiger charge is -2.31. The van der Waals surface area contributed by atoms with Gasteiger partial charge in [0.15, 0.2) is 5.82 Å². The van der Waals surface area contributed by atoms with Crippen LogP contribution in [0.1, 0.15) is 45.1 Å². The Kier molecular flexibility index (Phi) is 5.98. The fraction of sp³-hybridized carbons (Fsp3) is 0.526. The van der Waals surface area contributed by atoms with Gasteiger partial charge in [0.2, 0.25) is 0 Å². The van der Waals surface area contributed by atoms with Gasteiger partial charge in [-0.15, -0.1) is 0 Å². The average Bonchev–Trinajstić information content (AvgIpc) is 3.13. The fourth-order valence-corrected chi connectivity index (χ4v) is 4.03. The molecule has 2 aromatic heterocycles. The van der Waals surface area contributed by atoms with Crippen molar-refractivity contribution in [2.24, 2.45) is 5.92 Å². The zero-order valence-corrected chi connectivity index (χ0v) is 16.5. The fourth-order valence-electron chi connectivity index (χ4n) is 3.80. The van der Waals surface area contributed by atoms with Crippen LogP contribution >= 0.6 is 11.6 Å². The molecule has 1 aliphatic rings. The highest BCUT2D eigenvalue weighted by Gasteiger charge is 2.32. The maximum atomic E-state index is 12.7. The standard InChI is InChI=1S/C19H22ClF3N4O/c1-3-5-12(2)14-6-4-9-26(14)15-11-25-27(18(28)17(15)20)16-8-7-13(10-24-16)19(21,22)23/h7-8,10-12,14H,3-6,9H2,1-2H3. The first-order valence-electron chi connectivity index (χ1n) is 9.32. The summed E-state index contributed by atoms with van der Waals surface area (Å²) in [5, 5.41) is 4.13. The van der Waals surface area contributed by atoms with E-state index in [1.165, 1.54) is 6.20 Å². The number of hydrogen-bond acceptors (Lipinski definition) is 4. The Balaban J connectivity index is 1.92. The molecule has 3 rings (SSSR count). The summed E-state index contributed by atoms with van der Waals surface area (Å²) < 4.78 is 39.0. The average molecular weight is 415 g/mol. The molecule has 0 N–H and O–H groups in total. The largest absolute Gasteiger partial charge is 0.417 e. The van der Waals surface area contributed by atoms with Gasteiger partial charge < -0.3 is 4.90 Å². The molecule has 0 aromatic carbocycles. The van der Waals surface area contributed by atoms with E-state index in [1.54, 1.807) is 0 Å². The van der Waals surface area contributed by atoms with E-state index >= 15 is 0 Å². The molecule has 1 fully saturated rings. The predicted octanol–water partition coefficient (Wildman–Crippen LogP) is 4.70. The van der Waals surface area contributed by atoms with Crippen molar-refractivity contribution in [2.45, 2.75) is 51.7 Å². The minimum atomic E-state index is -4.49. The Labute approximate surface area is 166 Å². The van der Waals surface area contributed by atoms with E-state index in [2.05, 4.69) is 28.8 Å². The van der Waals surface area contributed by atoms with Gasteiger partial charge in [0, 0.05) is 18.8 Å². The van der Waals surface area contributed by atoms with E-state index in [-0.39, 0.29) is 10.8 Å². The van der Waals surface area contributed by atoms with Crippen molar-refractivity contribution in [2.75, 3.05) is 11.4 Å². The van der Waals surface area contributed by atoms with Gasteiger partial charge >= 0.3 is 6.18 Å². The summed E-state index contributed by atoms with van der Waals surface area (Å²) >= 11 is 6.36.